The molecule has 7 heteroatoms. The van der Waals surface area contributed by atoms with Gasteiger partial charge in [-0.1, -0.05) is 6.07 Å². The van der Waals surface area contributed by atoms with Crippen LogP contribution in [0.15, 0.2) is 35.7 Å². The summed E-state index contributed by atoms with van der Waals surface area (Å²) in [5.74, 6) is 1.06. The summed E-state index contributed by atoms with van der Waals surface area (Å²) in [6.07, 6.45) is 2.86. The lowest BCUT2D eigenvalue weighted by Gasteiger charge is -2.32. The third kappa shape index (κ3) is 6.19. The minimum atomic E-state index is -0.149. The summed E-state index contributed by atoms with van der Waals surface area (Å²) >= 11 is 1.46. The highest BCUT2D eigenvalue weighted by atomic mass is 35.5. The normalized spacial score (nSPS) is 15.2. The standard InChI is InChI=1S/C20H25FN2O2S.ClH/c1-25-17-4-5-18(21)16(14-17)13-15-6-9-23(10-7-15)11-8-22-20(24)19-3-2-12-26-19;/h2-5,12,14-15H,6-11,13H2,1H3,(H,22,24);1H. The molecule has 1 aromatic heterocycles. The van der Waals surface area contributed by atoms with Gasteiger partial charge in [-0.3, -0.25) is 4.79 Å². The van der Waals surface area contributed by atoms with Crippen molar-refractivity contribution >= 4 is 29.7 Å². The van der Waals surface area contributed by atoms with E-state index in [0.717, 1.165) is 49.3 Å². The molecule has 1 N–H and O–H groups in total. The fraction of sp³-hybridized carbons (Fsp3) is 0.450. The first kappa shape index (κ1) is 21.7. The number of nitrogens with one attached hydrogen (secondary N) is 1. The Bertz CT molecular complexity index is 719. The van der Waals surface area contributed by atoms with Gasteiger partial charge in [-0.25, -0.2) is 4.39 Å². The van der Waals surface area contributed by atoms with Gasteiger partial charge in [0.15, 0.2) is 0 Å². The number of hydrogen-bond donors (Lipinski definition) is 1. The lowest BCUT2D eigenvalue weighted by atomic mass is 9.90. The van der Waals surface area contributed by atoms with Gasteiger partial charge in [0.05, 0.1) is 12.0 Å². The summed E-state index contributed by atoms with van der Waals surface area (Å²) in [7, 11) is 1.60. The van der Waals surface area contributed by atoms with Gasteiger partial charge in [0.1, 0.15) is 11.6 Å². The Labute approximate surface area is 170 Å². The molecule has 0 bridgehead atoms. The number of carbonyl (C=O) groups is 1. The smallest absolute Gasteiger partial charge is 0.261 e. The van der Waals surface area contributed by atoms with Crippen LogP contribution in [0.3, 0.4) is 0 Å². The largest absolute Gasteiger partial charge is 0.497 e. The summed E-state index contributed by atoms with van der Waals surface area (Å²) in [5, 5.41) is 4.88. The zero-order valence-corrected chi connectivity index (χ0v) is 17.1. The highest BCUT2D eigenvalue weighted by Crippen LogP contribution is 2.25. The second kappa shape index (κ2) is 10.6. The molecule has 4 nitrogen and oxygen atoms in total. The van der Waals surface area contributed by atoms with Gasteiger partial charge >= 0.3 is 0 Å². The van der Waals surface area contributed by atoms with E-state index in [1.807, 2.05) is 23.6 Å². The van der Waals surface area contributed by atoms with Crippen LogP contribution in [0.4, 0.5) is 4.39 Å². The molecule has 0 aliphatic carbocycles. The van der Waals surface area contributed by atoms with E-state index in [1.54, 1.807) is 13.2 Å². The van der Waals surface area contributed by atoms with Gasteiger partial charge < -0.3 is 15.0 Å². The third-order valence-corrected chi connectivity index (χ3v) is 5.80. The van der Waals surface area contributed by atoms with Crippen LogP contribution in [-0.2, 0) is 6.42 Å². The highest BCUT2D eigenvalue weighted by molar-refractivity contribution is 7.12. The Morgan fingerprint density at radius 3 is 2.78 bits per heavy atom. The van der Waals surface area contributed by atoms with Gasteiger partial charge in [-0.2, -0.15) is 0 Å². The number of benzene rings is 1. The fourth-order valence-electron chi connectivity index (χ4n) is 3.38. The zero-order chi connectivity index (χ0) is 18.4. The lowest BCUT2D eigenvalue weighted by Crippen LogP contribution is -2.39. The number of amides is 1. The Morgan fingerprint density at radius 1 is 1.33 bits per heavy atom. The molecule has 1 saturated heterocycles. The monoisotopic (exact) mass is 412 g/mol. The predicted octanol–water partition coefficient (Wildman–Crippen LogP) is 4.00. The molecule has 2 heterocycles. The molecule has 0 atom stereocenters. The second-order valence-corrected chi connectivity index (χ2v) is 7.63. The summed E-state index contributed by atoms with van der Waals surface area (Å²) < 4.78 is 19.2. The fourth-order valence-corrected chi connectivity index (χ4v) is 4.02. The topological polar surface area (TPSA) is 41.6 Å². The van der Waals surface area contributed by atoms with Crippen LogP contribution in [0.25, 0.3) is 0 Å². The van der Waals surface area contributed by atoms with E-state index in [4.69, 9.17) is 4.74 Å². The Hall–Kier alpha value is -1.63. The van der Waals surface area contributed by atoms with E-state index in [-0.39, 0.29) is 24.1 Å². The molecule has 0 spiro atoms. The van der Waals surface area contributed by atoms with E-state index in [2.05, 4.69) is 10.2 Å². The van der Waals surface area contributed by atoms with Crippen molar-refractivity contribution in [1.29, 1.82) is 0 Å². The number of ether oxygens (including phenoxy) is 1. The van der Waals surface area contributed by atoms with Crippen LogP contribution < -0.4 is 10.1 Å². The van der Waals surface area contributed by atoms with Crippen molar-refractivity contribution in [2.24, 2.45) is 5.92 Å². The number of methoxy groups -OCH3 is 1. The number of likely N-dealkylation sites (tertiary alicyclic amines) is 1. The SMILES string of the molecule is COc1ccc(F)c(CC2CCN(CCNC(=O)c3cccs3)CC2)c1.Cl. The van der Waals surface area contributed by atoms with Gasteiger partial charge in [0.25, 0.3) is 5.91 Å². The van der Waals surface area contributed by atoms with Crippen molar-refractivity contribution in [2.75, 3.05) is 33.3 Å². The van der Waals surface area contributed by atoms with E-state index < -0.39 is 0 Å². The zero-order valence-electron chi connectivity index (χ0n) is 15.4. The van der Waals surface area contributed by atoms with E-state index in [0.29, 0.717) is 18.2 Å². The number of carbonyl (C=O) groups excluding carboxylic acids is 1. The lowest BCUT2D eigenvalue weighted by molar-refractivity contribution is 0.0948. The molecular formula is C20H26ClFN2O2S. The van der Waals surface area contributed by atoms with Crippen molar-refractivity contribution in [3.05, 3.63) is 52.0 Å². The molecular weight excluding hydrogens is 387 g/mol. The molecule has 1 amide bonds. The number of nitrogens with zero attached hydrogens (tertiary/aromatic N) is 1. The van der Waals surface area contributed by atoms with Crippen LogP contribution in [-0.4, -0.2) is 44.1 Å². The summed E-state index contributed by atoms with van der Waals surface area (Å²) in [4.78, 5) is 15.0. The number of piperidine rings is 1. The maximum absolute atomic E-state index is 14.0. The van der Waals surface area contributed by atoms with E-state index >= 15 is 0 Å². The Morgan fingerprint density at radius 2 is 2.11 bits per heavy atom. The molecule has 2 aromatic rings. The number of thiophene rings is 1. The first-order valence-corrected chi connectivity index (χ1v) is 9.90. The quantitative estimate of drug-likeness (QED) is 0.747. The van der Waals surface area contributed by atoms with Gasteiger partial charge in [0, 0.05) is 13.1 Å². The molecule has 1 fully saturated rings. The second-order valence-electron chi connectivity index (χ2n) is 6.68. The van der Waals surface area contributed by atoms with Crippen molar-refractivity contribution in [3.8, 4) is 5.75 Å². The average Bonchev–Trinajstić information content (AvgIpc) is 3.20. The average molecular weight is 413 g/mol. The minimum absolute atomic E-state index is 0. The van der Waals surface area contributed by atoms with Crippen molar-refractivity contribution < 1.29 is 13.9 Å². The highest BCUT2D eigenvalue weighted by Gasteiger charge is 2.20. The minimum Gasteiger partial charge on any atom is -0.497 e. The molecule has 3 rings (SSSR count). The summed E-state index contributed by atoms with van der Waals surface area (Å²) in [5.41, 5.74) is 0.742. The Balaban J connectivity index is 0.00000261. The summed E-state index contributed by atoms with van der Waals surface area (Å²) in [6, 6.07) is 8.67. The maximum atomic E-state index is 14.0. The first-order chi connectivity index (χ1) is 12.7. The maximum Gasteiger partial charge on any atom is 0.261 e. The molecule has 148 valence electrons. The van der Waals surface area contributed by atoms with Crippen LogP contribution >= 0.6 is 23.7 Å². The summed E-state index contributed by atoms with van der Waals surface area (Å²) in [6.45, 7) is 3.50. The molecule has 0 radical (unpaired) electrons. The molecule has 1 aliphatic heterocycles. The predicted molar refractivity (Wildman–Crippen MR) is 110 cm³/mol. The van der Waals surface area contributed by atoms with Crippen molar-refractivity contribution in [3.63, 3.8) is 0 Å². The first-order valence-electron chi connectivity index (χ1n) is 9.02. The van der Waals surface area contributed by atoms with Crippen molar-refractivity contribution in [2.45, 2.75) is 19.3 Å². The van der Waals surface area contributed by atoms with Gasteiger partial charge in [-0.05, 0) is 73.5 Å². The third-order valence-electron chi connectivity index (χ3n) is 4.93. The number of hydrogen-bond acceptors (Lipinski definition) is 4. The number of rotatable bonds is 7. The van der Waals surface area contributed by atoms with E-state index in [9.17, 15) is 9.18 Å². The molecule has 1 aliphatic rings. The molecule has 1 aromatic carbocycles. The van der Waals surface area contributed by atoms with Crippen LogP contribution in [0.5, 0.6) is 5.75 Å². The van der Waals surface area contributed by atoms with Crippen LogP contribution in [0.2, 0.25) is 0 Å². The molecule has 0 unspecified atom stereocenters. The van der Waals surface area contributed by atoms with Crippen LogP contribution in [0, 0.1) is 11.7 Å². The molecule has 0 saturated carbocycles. The van der Waals surface area contributed by atoms with Gasteiger partial charge in [-0.15, -0.1) is 23.7 Å². The van der Waals surface area contributed by atoms with Crippen LogP contribution in [0.1, 0.15) is 28.1 Å². The Kier molecular flexibility index (Phi) is 8.54. The van der Waals surface area contributed by atoms with Gasteiger partial charge in [0.2, 0.25) is 0 Å². The van der Waals surface area contributed by atoms with Crippen molar-refractivity contribution in [1.82, 2.24) is 10.2 Å². The molecule has 27 heavy (non-hydrogen) atoms. The van der Waals surface area contributed by atoms with E-state index in [1.165, 1.54) is 17.4 Å². The number of halogens is 2.